The van der Waals surface area contributed by atoms with Gasteiger partial charge in [-0.1, -0.05) is 0 Å². The molecule has 1 aliphatic heterocycles. The van der Waals surface area contributed by atoms with Gasteiger partial charge in [0.15, 0.2) is 0 Å². The van der Waals surface area contributed by atoms with E-state index in [4.69, 9.17) is 4.98 Å². The molecule has 24 heavy (non-hydrogen) atoms. The van der Waals surface area contributed by atoms with Gasteiger partial charge in [0, 0.05) is 0 Å². The van der Waals surface area contributed by atoms with Gasteiger partial charge in [0.2, 0.25) is 0 Å². The fraction of sp³-hybridized carbons (Fsp3) is 0.850. The van der Waals surface area contributed by atoms with Crippen LogP contribution in [0.1, 0.15) is 76.8 Å². The van der Waals surface area contributed by atoms with Crippen LogP contribution < -0.4 is 3.02 Å². The van der Waals surface area contributed by atoms with Crippen molar-refractivity contribution in [3.8, 4) is 0 Å². The standard InChI is InChI=1S/C8H11N2S.3C4H9.Sn/c1-2-10-4-3-8-7(5-10)9-6-11-8;3*1-3-4-2;/h2-5H2,1H3;3*1,3-4H2,2H3;. The minimum atomic E-state index is -2.29. The number of hydrogen-bond acceptors (Lipinski definition) is 3. The van der Waals surface area contributed by atoms with E-state index in [1.54, 1.807) is 21.2 Å². The summed E-state index contributed by atoms with van der Waals surface area (Å²) in [6, 6.07) is 0. The average molecular weight is 457 g/mol. The van der Waals surface area contributed by atoms with E-state index in [0.29, 0.717) is 0 Å². The number of nitrogens with zero attached hydrogens (tertiary/aromatic N) is 2. The molecular formula is C20H38N2SSn. The third kappa shape index (κ3) is 5.20. The van der Waals surface area contributed by atoms with Gasteiger partial charge in [-0.05, 0) is 0 Å². The summed E-state index contributed by atoms with van der Waals surface area (Å²) < 4.78 is 6.35. The topological polar surface area (TPSA) is 16.1 Å². The second-order valence-corrected chi connectivity index (χ2v) is 22.7. The molecule has 1 aromatic heterocycles. The van der Waals surface area contributed by atoms with E-state index in [-0.39, 0.29) is 0 Å². The van der Waals surface area contributed by atoms with Gasteiger partial charge in [0.25, 0.3) is 0 Å². The van der Waals surface area contributed by atoms with Crippen LogP contribution >= 0.6 is 11.3 Å². The summed E-state index contributed by atoms with van der Waals surface area (Å²) in [5.74, 6) is 0. The Labute approximate surface area is 158 Å². The predicted molar refractivity (Wildman–Crippen MR) is 111 cm³/mol. The molecule has 1 aromatic rings. The summed E-state index contributed by atoms with van der Waals surface area (Å²) >= 11 is -0.130. The van der Waals surface area contributed by atoms with Crippen LogP contribution in [0.2, 0.25) is 13.3 Å². The molecule has 0 aliphatic carbocycles. The molecule has 0 bridgehead atoms. The number of unbranched alkanes of at least 4 members (excludes halogenated alkanes) is 3. The van der Waals surface area contributed by atoms with Gasteiger partial charge in [-0.2, -0.15) is 0 Å². The zero-order chi connectivity index (χ0) is 17.4. The van der Waals surface area contributed by atoms with E-state index >= 15 is 0 Å². The number of thiazole rings is 1. The van der Waals surface area contributed by atoms with E-state index in [9.17, 15) is 0 Å². The number of likely N-dealkylation sites (N-methyl/N-ethyl adjacent to an activating group) is 1. The molecule has 0 amide bonds. The Bertz CT molecular complexity index is 464. The Hall–Kier alpha value is 0.389. The molecule has 2 nitrogen and oxygen atoms in total. The van der Waals surface area contributed by atoms with Crippen molar-refractivity contribution in [1.82, 2.24) is 9.88 Å². The predicted octanol–water partition coefficient (Wildman–Crippen LogP) is 5.58. The van der Waals surface area contributed by atoms with Crippen molar-refractivity contribution < 1.29 is 0 Å². The Balaban J connectivity index is 2.28. The van der Waals surface area contributed by atoms with Gasteiger partial charge in [-0.15, -0.1) is 0 Å². The Morgan fingerprint density at radius 2 is 1.54 bits per heavy atom. The maximum atomic E-state index is 5.35. The fourth-order valence-corrected chi connectivity index (χ4v) is 23.8. The van der Waals surface area contributed by atoms with Crippen molar-refractivity contribution in [2.24, 2.45) is 0 Å². The molecule has 0 atom stereocenters. The van der Waals surface area contributed by atoms with Crippen molar-refractivity contribution in [2.45, 2.75) is 92.5 Å². The van der Waals surface area contributed by atoms with Crippen molar-refractivity contribution in [1.29, 1.82) is 0 Å². The molecule has 2 heterocycles. The third-order valence-electron chi connectivity index (χ3n) is 5.73. The zero-order valence-corrected chi connectivity index (χ0v) is 20.2. The molecule has 0 radical (unpaired) electrons. The van der Waals surface area contributed by atoms with E-state index in [1.165, 1.54) is 63.7 Å². The van der Waals surface area contributed by atoms with Crippen molar-refractivity contribution in [3.63, 3.8) is 0 Å². The van der Waals surface area contributed by atoms with Crippen molar-refractivity contribution >= 4 is 32.7 Å². The molecule has 0 aromatic carbocycles. The number of rotatable bonds is 11. The minimum absolute atomic E-state index is 1.11. The monoisotopic (exact) mass is 458 g/mol. The fourth-order valence-electron chi connectivity index (χ4n) is 3.99. The number of aromatic nitrogens is 1. The summed E-state index contributed by atoms with van der Waals surface area (Å²) in [7, 11) is 0. The second kappa shape index (κ2) is 10.5. The first-order valence-corrected chi connectivity index (χ1v) is 18.7. The average Bonchev–Trinajstić information content (AvgIpc) is 3.05. The van der Waals surface area contributed by atoms with E-state index in [0.717, 1.165) is 6.54 Å². The zero-order valence-electron chi connectivity index (χ0n) is 16.5. The van der Waals surface area contributed by atoms with Gasteiger partial charge in [0.05, 0.1) is 0 Å². The molecule has 138 valence electrons. The molecule has 0 spiro atoms. The van der Waals surface area contributed by atoms with Crippen LogP contribution in [-0.4, -0.2) is 41.4 Å². The normalized spacial score (nSPS) is 15.7. The van der Waals surface area contributed by atoms with Crippen molar-refractivity contribution in [2.75, 3.05) is 13.1 Å². The molecular weight excluding hydrogens is 419 g/mol. The van der Waals surface area contributed by atoms with Crippen LogP contribution in [0, 0.1) is 0 Å². The molecule has 0 unspecified atom stereocenters. The molecule has 1 aliphatic rings. The van der Waals surface area contributed by atoms with Crippen LogP contribution in [0.25, 0.3) is 0 Å². The SMILES string of the molecule is CCC[CH2][Sn]([CH2]CCC)([CH2]CCC)[c]1nc2c(s1)CCN(CC)C2. The molecule has 2 rings (SSSR count). The molecule has 0 N–H and O–H groups in total. The van der Waals surface area contributed by atoms with Crippen LogP contribution in [-0.2, 0) is 13.0 Å². The summed E-state index contributed by atoms with van der Waals surface area (Å²) in [6.45, 7) is 12.9. The maximum absolute atomic E-state index is 5.35. The Morgan fingerprint density at radius 3 is 2.04 bits per heavy atom. The van der Waals surface area contributed by atoms with Gasteiger partial charge in [0.1, 0.15) is 0 Å². The van der Waals surface area contributed by atoms with E-state index in [1.807, 2.05) is 0 Å². The summed E-state index contributed by atoms with van der Waals surface area (Å²) in [4.78, 5) is 9.55. The van der Waals surface area contributed by atoms with E-state index < -0.39 is 18.4 Å². The van der Waals surface area contributed by atoms with Crippen LogP contribution in [0.4, 0.5) is 0 Å². The van der Waals surface area contributed by atoms with Gasteiger partial charge < -0.3 is 0 Å². The van der Waals surface area contributed by atoms with Crippen LogP contribution in [0.5, 0.6) is 0 Å². The molecule has 0 saturated heterocycles. The summed E-state index contributed by atoms with van der Waals surface area (Å²) in [5.41, 5.74) is 1.45. The third-order valence-corrected chi connectivity index (χ3v) is 24.6. The van der Waals surface area contributed by atoms with Gasteiger partial charge >= 0.3 is 159 Å². The first-order valence-electron chi connectivity index (χ1n) is 10.4. The number of fused-ring (bicyclic) bond motifs is 1. The Kier molecular flexibility index (Phi) is 9.07. The van der Waals surface area contributed by atoms with Crippen molar-refractivity contribution in [3.05, 3.63) is 10.6 Å². The second-order valence-electron chi connectivity index (χ2n) is 7.60. The van der Waals surface area contributed by atoms with E-state index in [2.05, 4.69) is 43.9 Å². The first kappa shape index (κ1) is 20.7. The summed E-state index contributed by atoms with van der Waals surface area (Å²) in [5, 5.41) is 0. The Morgan fingerprint density at radius 1 is 0.958 bits per heavy atom. The van der Waals surface area contributed by atoms with Crippen LogP contribution in [0.15, 0.2) is 0 Å². The quantitative estimate of drug-likeness (QED) is 0.404. The number of hydrogen-bond donors (Lipinski definition) is 0. The molecule has 4 heteroatoms. The van der Waals surface area contributed by atoms with Gasteiger partial charge in [-0.25, -0.2) is 0 Å². The molecule has 0 fully saturated rings. The van der Waals surface area contributed by atoms with Gasteiger partial charge in [-0.3, -0.25) is 0 Å². The summed E-state index contributed by atoms with van der Waals surface area (Å²) in [6.07, 6.45) is 9.62. The van der Waals surface area contributed by atoms with Crippen LogP contribution in [0.3, 0.4) is 0 Å². The first-order chi connectivity index (χ1) is 11.7. The molecule has 0 saturated carbocycles.